The maximum atomic E-state index is 10.7. The molecule has 0 spiro atoms. The zero-order valence-corrected chi connectivity index (χ0v) is 6.97. The third-order valence-corrected chi connectivity index (χ3v) is 2.21. The van der Waals surface area contributed by atoms with Crippen molar-refractivity contribution < 1.29 is 4.79 Å². The van der Waals surface area contributed by atoms with Crippen molar-refractivity contribution in [2.45, 2.75) is 44.7 Å². The molecule has 0 heterocycles. The van der Waals surface area contributed by atoms with E-state index >= 15 is 0 Å². The maximum absolute atomic E-state index is 10.7. The Hall–Kier alpha value is -0.570. The third-order valence-electron chi connectivity index (χ3n) is 2.21. The standard InChI is InChI=1S/C8H16N2O/c1-6(11)10-8-5-3-2-4-7(8)9/h7-8H,2-5,9H2,1H3,(H,10,11). The number of amides is 1. The van der Waals surface area contributed by atoms with Gasteiger partial charge < -0.3 is 11.1 Å². The van der Waals surface area contributed by atoms with Crippen molar-refractivity contribution in [1.82, 2.24) is 5.32 Å². The number of carbonyl (C=O) groups excluding carboxylic acids is 1. The topological polar surface area (TPSA) is 55.1 Å². The second-order valence-electron chi connectivity index (χ2n) is 3.26. The second kappa shape index (κ2) is 3.72. The Balaban J connectivity index is 2.35. The molecule has 2 unspecified atom stereocenters. The van der Waals surface area contributed by atoms with Crippen LogP contribution in [-0.2, 0) is 4.79 Å². The largest absolute Gasteiger partial charge is 0.352 e. The van der Waals surface area contributed by atoms with Gasteiger partial charge in [0.05, 0.1) is 0 Å². The first-order chi connectivity index (χ1) is 5.20. The summed E-state index contributed by atoms with van der Waals surface area (Å²) in [4.78, 5) is 10.7. The molecule has 1 aliphatic rings. The molecule has 1 saturated carbocycles. The van der Waals surface area contributed by atoms with Crippen LogP contribution in [-0.4, -0.2) is 18.0 Å². The van der Waals surface area contributed by atoms with E-state index in [1.165, 1.54) is 12.8 Å². The molecule has 0 aromatic rings. The summed E-state index contributed by atoms with van der Waals surface area (Å²) in [5.41, 5.74) is 5.81. The maximum Gasteiger partial charge on any atom is 0.217 e. The van der Waals surface area contributed by atoms with Crippen LogP contribution in [0.25, 0.3) is 0 Å². The van der Waals surface area contributed by atoms with Gasteiger partial charge in [0.25, 0.3) is 0 Å². The van der Waals surface area contributed by atoms with Crippen LogP contribution < -0.4 is 11.1 Å². The average molecular weight is 156 g/mol. The molecule has 1 rings (SSSR count). The highest BCUT2D eigenvalue weighted by atomic mass is 16.1. The molecule has 1 amide bonds. The number of hydrogen-bond acceptors (Lipinski definition) is 2. The van der Waals surface area contributed by atoms with Gasteiger partial charge >= 0.3 is 0 Å². The Morgan fingerprint density at radius 3 is 2.64 bits per heavy atom. The number of rotatable bonds is 1. The molecular formula is C8H16N2O. The van der Waals surface area contributed by atoms with E-state index in [2.05, 4.69) is 5.32 Å². The quantitative estimate of drug-likeness (QED) is 0.577. The number of carbonyl (C=O) groups is 1. The fraction of sp³-hybridized carbons (Fsp3) is 0.875. The monoisotopic (exact) mass is 156 g/mol. The van der Waals surface area contributed by atoms with E-state index < -0.39 is 0 Å². The molecule has 0 aromatic heterocycles. The van der Waals surface area contributed by atoms with Crippen LogP contribution in [0.3, 0.4) is 0 Å². The summed E-state index contributed by atoms with van der Waals surface area (Å²) in [6.45, 7) is 1.54. The first-order valence-electron chi connectivity index (χ1n) is 4.23. The molecule has 1 fully saturated rings. The Bertz CT molecular complexity index is 147. The minimum Gasteiger partial charge on any atom is -0.352 e. The van der Waals surface area contributed by atoms with E-state index in [0.717, 1.165) is 12.8 Å². The van der Waals surface area contributed by atoms with E-state index in [0.29, 0.717) is 0 Å². The minimum absolute atomic E-state index is 0.0346. The summed E-state index contributed by atoms with van der Waals surface area (Å²) in [5, 5.41) is 2.87. The molecule has 0 aromatic carbocycles. The van der Waals surface area contributed by atoms with Gasteiger partial charge in [-0.2, -0.15) is 0 Å². The molecule has 64 valence electrons. The molecule has 0 aliphatic heterocycles. The molecule has 1 aliphatic carbocycles. The van der Waals surface area contributed by atoms with Gasteiger partial charge in [-0.3, -0.25) is 4.79 Å². The Morgan fingerprint density at radius 1 is 1.45 bits per heavy atom. The zero-order chi connectivity index (χ0) is 8.27. The molecule has 0 radical (unpaired) electrons. The van der Waals surface area contributed by atoms with Crippen LogP contribution in [0.2, 0.25) is 0 Å². The van der Waals surface area contributed by atoms with E-state index in [9.17, 15) is 4.79 Å². The van der Waals surface area contributed by atoms with Crippen molar-refractivity contribution in [3.05, 3.63) is 0 Å². The van der Waals surface area contributed by atoms with Gasteiger partial charge in [0.15, 0.2) is 0 Å². The van der Waals surface area contributed by atoms with Crippen molar-refractivity contribution in [2.75, 3.05) is 0 Å². The van der Waals surface area contributed by atoms with Gasteiger partial charge in [-0.25, -0.2) is 0 Å². The van der Waals surface area contributed by atoms with Crippen LogP contribution in [0.1, 0.15) is 32.6 Å². The van der Waals surface area contributed by atoms with Crippen molar-refractivity contribution in [1.29, 1.82) is 0 Å². The Labute approximate surface area is 67.3 Å². The fourth-order valence-corrected chi connectivity index (χ4v) is 1.60. The average Bonchev–Trinajstić information content (AvgIpc) is 1.93. The van der Waals surface area contributed by atoms with Crippen molar-refractivity contribution in [2.24, 2.45) is 5.73 Å². The summed E-state index contributed by atoms with van der Waals surface area (Å²) >= 11 is 0. The van der Waals surface area contributed by atoms with Crippen LogP contribution in [0, 0.1) is 0 Å². The molecule has 3 heteroatoms. The number of nitrogens with two attached hydrogens (primary N) is 1. The molecule has 0 saturated heterocycles. The van der Waals surface area contributed by atoms with Gasteiger partial charge in [-0.1, -0.05) is 12.8 Å². The van der Waals surface area contributed by atoms with Crippen LogP contribution in [0.4, 0.5) is 0 Å². The van der Waals surface area contributed by atoms with E-state index in [-0.39, 0.29) is 18.0 Å². The molecule has 3 N–H and O–H groups in total. The van der Waals surface area contributed by atoms with Crippen LogP contribution >= 0.6 is 0 Å². The Morgan fingerprint density at radius 2 is 2.09 bits per heavy atom. The lowest BCUT2D eigenvalue weighted by molar-refractivity contribution is -0.120. The van der Waals surface area contributed by atoms with Crippen molar-refractivity contribution in [3.8, 4) is 0 Å². The Kier molecular flexibility index (Phi) is 2.88. The zero-order valence-electron chi connectivity index (χ0n) is 6.97. The van der Waals surface area contributed by atoms with Gasteiger partial charge in [-0.05, 0) is 12.8 Å². The highest BCUT2D eigenvalue weighted by Gasteiger charge is 2.21. The van der Waals surface area contributed by atoms with Gasteiger partial charge in [0, 0.05) is 19.0 Å². The van der Waals surface area contributed by atoms with Gasteiger partial charge in [0.2, 0.25) is 5.91 Å². The predicted molar refractivity (Wildman–Crippen MR) is 44.0 cm³/mol. The summed E-state index contributed by atoms with van der Waals surface area (Å²) in [5.74, 6) is 0.0346. The lowest BCUT2D eigenvalue weighted by atomic mass is 9.91. The molecule has 2 atom stereocenters. The number of hydrogen-bond donors (Lipinski definition) is 2. The summed E-state index contributed by atoms with van der Waals surface area (Å²) in [6.07, 6.45) is 4.49. The molecule has 3 nitrogen and oxygen atoms in total. The smallest absolute Gasteiger partial charge is 0.217 e. The highest BCUT2D eigenvalue weighted by Crippen LogP contribution is 2.16. The van der Waals surface area contributed by atoms with Crippen molar-refractivity contribution >= 4 is 5.91 Å². The van der Waals surface area contributed by atoms with Gasteiger partial charge in [-0.15, -0.1) is 0 Å². The summed E-state index contributed by atoms with van der Waals surface area (Å²) < 4.78 is 0. The minimum atomic E-state index is 0.0346. The first kappa shape index (κ1) is 8.53. The normalized spacial score (nSPS) is 31.5. The SMILES string of the molecule is CC(=O)NC1CCCCC1N. The number of nitrogens with one attached hydrogen (secondary N) is 1. The van der Waals surface area contributed by atoms with Crippen molar-refractivity contribution in [3.63, 3.8) is 0 Å². The summed E-state index contributed by atoms with van der Waals surface area (Å²) in [6, 6.07) is 0.397. The lowest BCUT2D eigenvalue weighted by Gasteiger charge is -2.28. The molecule has 0 bridgehead atoms. The highest BCUT2D eigenvalue weighted by molar-refractivity contribution is 5.73. The van der Waals surface area contributed by atoms with Crippen LogP contribution in [0.5, 0.6) is 0 Å². The summed E-state index contributed by atoms with van der Waals surface area (Å²) in [7, 11) is 0. The first-order valence-corrected chi connectivity index (χ1v) is 4.23. The van der Waals surface area contributed by atoms with E-state index in [1.54, 1.807) is 6.92 Å². The lowest BCUT2D eigenvalue weighted by Crippen LogP contribution is -2.48. The van der Waals surface area contributed by atoms with E-state index in [4.69, 9.17) is 5.73 Å². The van der Waals surface area contributed by atoms with E-state index in [1.807, 2.05) is 0 Å². The second-order valence-corrected chi connectivity index (χ2v) is 3.26. The predicted octanol–water partition coefficient (Wildman–Crippen LogP) is 0.392. The molecular weight excluding hydrogens is 140 g/mol. The fourth-order valence-electron chi connectivity index (χ4n) is 1.60. The van der Waals surface area contributed by atoms with Gasteiger partial charge in [0.1, 0.15) is 0 Å². The molecule has 11 heavy (non-hydrogen) atoms. The van der Waals surface area contributed by atoms with Crippen LogP contribution in [0.15, 0.2) is 0 Å². The third kappa shape index (κ3) is 2.50.